The summed E-state index contributed by atoms with van der Waals surface area (Å²) >= 11 is 1.58. The Kier molecular flexibility index (Phi) is 7.39. The fraction of sp³-hybridized carbons (Fsp3) is 0.160. The molecule has 1 aromatic carbocycles. The summed E-state index contributed by atoms with van der Waals surface area (Å²) < 4.78 is 13.5. The molecule has 4 rings (SSSR count). The summed E-state index contributed by atoms with van der Waals surface area (Å²) in [4.78, 5) is 23.6. The van der Waals surface area contributed by atoms with Crippen LogP contribution in [0.4, 0.5) is 15.9 Å². The van der Waals surface area contributed by atoms with Crippen molar-refractivity contribution in [3.05, 3.63) is 94.9 Å². The minimum Gasteiger partial charge on any atom is -0.368 e. The van der Waals surface area contributed by atoms with Crippen molar-refractivity contribution < 1.29 is 9.18 Å². The highest BCUT2D eigenvalue weighted by Gasteiger charge is 2.16. The smallest absolute Gasteiger partial charge is 0.214 e. The van der Waals surface area contributed by atoms with Crippen LogP contribution < -0.4 is 16.0 Å². The van der Waals surface area contributed by atoms with Gasteiger partial charge < -0.3 is 16.0 Å². The monoisotopic (exact) mass is 461 g/mol. The van der Waals surface area contributed by atoms with Crippen LogP contribution in [0.1, 0.15) is 16.7 Å². The van der Waals surface area contributed by atoms with Gasteiger partial charge in [-0.25, -0.2) is 9.37 Å². The quantitative estimate of drug-likeness (QED) is 0.337. The van der Waals surface area contributed by atoms with Gasteiger partial charge in [-0.1, -0.05) is 18.2 Å². The van der Waals surface area contributed by atoms with Gasteiger partial charge in [0.05, 0.1) is 22.8 Å². The maximum atomic E-state index is 13.5. The number of nitrogens with one attached hydrogen (secondary N) is 1. The van der Waals surface area contributed by atoms with E-state index in [0.29, 0.717) is 37.6 Å². The van der Waals surface area contributed by atoms with E-state index in [1.54, 1.807) is 34.7 Å². The van der Waals surface area contributed by atoms with Gasteiger partial charge in [-0.3, -0.25) is 9.78 Å². The van der Waals surface area contributed by atoms with Crippen molar-refractivity contribution in [1.82, 2.24) is 9.97 Å². The number of benzene rings is 1. The Morgan fingerprint density at radius 2 is 2.00 bits per heavy atom. The van der Waals surface area contributed by atoms with Gasteiger partial charge >= 0.3 is 0 Å². The molecule has 0 unspecified atom stereocenters. The first kappa shape index (κ1) is 22.6. The van der Waals surface area contributed by atoms with Crippen LogP contribution in [0.3, 0.4) is 0 Å². The fourth-order valence-corrected chi connectivity index (χ4v) is 4.45. The molecule has 0 saturated carbocycles. The third-order valence-electron chi connectivity index (χ3n) is 5.18. The number of anilines is 2. The van der Waals surface area contributed by atoms with Crippen molar-refractivity contribution in [2.75, 3.05) is 16.8 Å². The molecule has 33 heavy (non-hydrogen) atoms. The number of halogens is 1. The molecule has 168 valence electrons. The molecule has 3 aromatic heterocycles. The van der Waals surface area contributed by atoms with Gasteiger partial charge in [0.2, 0.25) is 6.41 Å². The third kappa shape index (κ3) is 5.60. The average molecular weight is 462 g/mol. The van der Waals surface area contributed by atoms with Crippen LogP contribution >= 0.6 is 11.3 Å². The number of aromatic nitrogens is 2. The zero-order valence-electron chi connectivity index (χ0n) is 17.9. The predicted octanol–water partition coefficient (Wildman–Crippen LogP) is 4.62. The molecule has 0 atom stereocenters. The number of rotatable bonds is 10. The Labute approximate surface area is 195 Å². The summed E-state index contributed by atoms with van der Waals surface area (Å²) in [5.74, 6) is 0.320. The number of hydrogen-bond donors (Lipinski definition) is 2. The van der Waals surface area contributed by atoms with Gasteiger partial charge in [0, 0.05) is 25.5 Å². The summed E-state index contributed by atoms with van der Waals surface area (Å²) in [7, 11) is 0. The number of carbonyl (C=O) groups excluding carboxylic acids is 1. The van der Waals surface area contributed by atoms with Gasteiger partial charge in [0.1, 0.15) is 5.82 Å². The molecule has 1 amide bonds. The Hall–Kier alpha value is -3.62. The fourth-order valence-electron chi connectivity index (χ4n) is 3.55. The number of hydrogen-bond acceptors (Lipinski definition) is 6. The molecule has 0 spiro atoms. The van der Waals surface area contributed by atoms with Crippen molar-refractivity contribution in [2.45, 2.75) is 19.5 Å². The number of thiophene rings is 1. The highest BCUT2D eigenvalue weighted by atomic mass is 32.1. The summed E-state index contributed by atoms with van der Waals surface area (Å²) in [6, 6.07) is 16.1. The average Bonchev–Trinajstić information content (AvgIpc) is 3.32. The van der Waals surface area contributed by atoms with E-state index in [-0.39, 0.29) is 5.82 Å². The van der Waals surface area contributed by atoms with Crippen molar-refractivity contribution in [1.29, 1.82) is 0 Å². The lowest BCUT2D eigenvalue weighted by Crippen LogP contribution is -2.23. The van der Waals surface area contributed by atoms with Crippen LogP contribution in [0.2, 0.25) is 0 Å². The van der Waals surface area contributed by atoms with Gasteiger partial charge in [0.25, 0.3) is 0 Å². The van der Waals surface area contributed by atoms with E-state index in [2.05, 4.69) is 10.3 Å². The number of nitrogens with two attached hydrogens (primary N) is 1. The van der Waals surface area contributed by atoms with Crippen molar-refractivity contribution in [2.24, 2.45) is 5.73 Å². The zero-order chi connectivity index (χ0) is 23.0. The molecule has 4 aromatic rings. The topological polar surface area (TPSA) is 84.1 Å². The van der Waals surface area contributed by atoms with E-state index in [1.807, 2.05) is 41.8 Å². The summed E-state index contributed by atoms with van der Waals surface area (Å²) in [5.41, 5.74) is 10.1. The standard InChI is InChI=1S/C25H24FN5OS/c26-21-5-1-3-18(13-21)8-11-29-25-23(31(17-32)16-19-4-2-10-28-15-19)7-6-22(30-25)24-20(14-27)9-12-33-24/h1-7,9-10,12-13,15,17H,8,11,14,16,27H2,(H,29,30). The second kappa shape index (κ2) is 10.8. The molecule has 3 N–H and O–H groups in total. The van der Waals surface area contributed by atoms with Crippen molar-refractivity contribution in [3.8, 4) is 10.6 Å². The van der Waals surface area contributed by atoms with Crippen LogP contribution in [-0.4, -0.2) is 22.9 Å². The van der Waals surface area contributed by atoms with Gasteiger partial charge in [-0.2, -0.15) is 0 Å². The maximum Gasteiger partial charge on any atom is 0.214 e. The van der Waals surface area contributed by atoms with Crippen LogP contribution in [-0.2, 0) is 24.3 Å². The largest absolute Gasteiger partial charge is 0.368 e. The highest BCUT2D eigenvalue weighted by molar-refractivity contribution is 7.13. The zero-order valence-corrected chi connectivity index (χ0v) is 18.8. The van der Waals surface area contributed by atoms with E-state index in [9.17, 15) is 9.18 Å². The molecule has 0 saturated heterocycles. The minimum absolute atomic E-state index is 0.260. The Balaban J connectivity index is 1.63. The van der Waals surface area contributed by atoms with E-state index in [1.165, 1.54) is 12.1 Å². The first-order valence-corrected chi connectivity index (χ1v) is 11.4. The van der Waals surface area contributed by atoms with E-state index < -0.39 is 0 Å². The molecule has 0 aliphatic heterocycles. The molecule has 0 fully saturated rings. The molecule has 0 aliphatic rings. The van der Waals surface area contributed by atoms with Crippen LogP contribution in [0, 0.1) is 5.82 Å². The molecule has 6 nitrogen and oxygen atoms in total. The third-order valence-corrected chi connectivity index (χ3v) is 6.16. The second-order valence-electron chi connectivity index (χ2n) is 7.44. The van der Waals surface area contributed by atoms with Gasteiger partial charge in [-0.15, -0.1) is 11.3 Å². The number of nitrogens with zero attached hydrogens (tertiary/aromatic N) is 3. The summed E-state index contributed by atoms with van der Waals surface area (Å²) in [5, 5.41) is 5.34. The molecular formula is C25H24FN5OS. The Morgan fingerprint density at radius 1 is 1.12 bits per heavy atom. The van der Waals surface area contributed by atoms with Crippen LogP contribution in [0.15, 0.2) is 72.4 Å². The molecule has 8 heteroatoms. The first-order valence-electron chi connectivity index (χ1n) is 10.5. The van der Waals surface area contributed by atoms with Gasteiger partial charge in [-0.05, 0) is 64.9 Å². The van der Waals surface area contributed by atoms with Gasteiger partial charge in [0.15, 0.2) is 5.82 Å². The van der Waals surface area contributed by atoms with Crippen LogP contribution in [0.25, 0.3) is 10.6 Å². The van der Waals surface area contributed by atoms with E-state index in [0.717, 1.165) is 33.7 Å². The molecular weight excluding hydrogens is 437 g/mol. The maximum absolute atomic E-state index is 13.5. The Bertz CT molecular complexity index is 1210. The molecule has 0 bridgehead atoms. The molecule has 0 aliphatic carbocycles. The summed E-state index contributed by atoms with van der Waals surface area (Å²) in [6.45, 7) is 1.32. The van der Waals surface area contributed by atoms with E-state index in [4.69, 9.17) is 10.7 Å². The Morgan fingerprint density at radius 3 is 2.76 bits per heavy atom. The number of carbonyl (C=O) groups is 1. The molecule has 3 heterocycles. The first-order chi connectivity index (χ1) is 16.2. The minimum atomic E-state index is -0.260. The normalized spacial score (nSPS) is 10.7. The van der Waals surface area contributed by atoms with Crippen LogP contribution in [0.5, 0.6) is 0 Å². The highest BCUT2D eigenvalue weighted by Crippen LogP contribution is 2.33. The lowest BCUT2D eigenvalue weighted by atomic mass is 10.1. The second-order valence-corrected chi connectivity index (χ2v) is 8.36. The van der Waals surface area contributed by atoms with Crippen molar-refractivity contribution >= 4 is 29.3 Å². The number of amides is 1. The lowest BCUT2D eigenvalue weighted by molar-refractivity contribution is -0.107. The van der Waals surface area contributed by atoms with Crippen molar-refractivity contribution in [3.63, 3.8) is 0 Å². The SMILES string of the molecule is NCc1ccsc1-c1ccc(N(C=O)Cc2cccnc2)c(NCCc2cccc(F)c2)n1. The summed E-state index contributed by atoms with van der Waals surface area (Å²) in [6.07, 6.45) is 4.83. The molecule has 0 radical (unpaired) electrons. The van der Waals surface area contributed by atoms with E-state index >= 15 is 0 Å². The number of pyridine rings is 2. The lowest BCUT2D eigenvalue weighted by Gasteiger charge is -2.21. The predicted molar refractivity (Wildman–Crippen MR) is 131 cm³/mol.